The summed E-state index contributed by atoms with van der Waals surface area (Å²) in [6.45, 7) is 5.67. The fraction of sp³-hybridized carbons (Fsp3) is 0.400. The van der Waals surface area contributed by atoms with E-state index in [0.29, 0.717) is 12.1 Å². The van der Waals surface area contributed by atoms with E-state index in [4.69, 9.17) is 5.11 Å². The van der Waals surface area contributed by atoms with Gasteiger partial charge in [0, 0.05) is 18.5 Å². The SMILES string of the molecule is C=CC=C1C[C@@H](C(=O)O)N(CC)C1=O. The lowest BCUT2D eigenvalue weighted by atomic mass is 10.1. The first-order valence-corrected chi connectivity index (χ1v) is 4.47. The van der Waals surface area contributed by atoms with Gasteiger partial charge in [-0.25, -0.2) is 4.79 Å². The maximum absolute atomic E-state index is 11.6. The highest BCUT2D eigenvalue weighted by molar-refractivity contribution is 6.00. The minimum Gasteiger partial charge on any atom is -0.480 e. The predicted molar refractivity (Wildman–Crippen MR) is 51.7 cm³/mol. The number of likely N-dealkylation sites (tertiary alicyclic amines) is 1. The third kappa shape index (κ3) is 1.69. The average Bonchev–Trinajstić information content (AvgIpc) is 2.44. The van der Waals surface area contributed by atoms with Gasteiger partial charge < -0.3 is 10.0 Å². The van der Waals surface area contributed by atoms with Gasteiger partial charge in [0.1, 0.15) is 6.04 Å². The molecule has 0 aromatic heterocycles. The second-order valence-corrected chi connectivity index (χ2v) is 3.08. The molecule has 1 fully saturated rings. The summed E-state index contributed by atoms with van der Waals surface area (Å²) in [5.74, 6) is -1.15. The number of amides is 1. The highest BCUT2D eigenvalue weighted by atomic mass is 16.4. The minimum atomic E-state index is -0.951. The number of hydrogen-bond acceptors (Lipinski definition) is 2. The Balaban J connectivity index is 2.94. The molecule has 0 radical (unpaired) electrons. The van der Waals surface area contributed by atoms with Gasteiger partial charge in [0.05, 0.1) is 0 Å². The Morgan fingerprint density at radius 3 is 2.79 bits per heavy atom. The smallest absolute Gasteiger partial charge is 0.326 e. The fourth-order valence-electron chi connectivity index (χ4n) is 1.60. The van der Waals surface area contributed by atoms with Crippen LogP contribution < -0.4 is 0 Å². The maximum atomic E-state index is 11.6. The molecule has 1 aliphatic heterocycles. The highest BCUT2D eigenvalue weighted by Gasteiger charge is 2.38. The van der Waals surface area contributed by atoms with Crippen LogP contribution in [0.5, 0.6) is 0 Å². The van der Waals surface area contributed by atoms with Crippen LogP contribution in [0.1, 0.15) is 13.3 Å². The average molecular weight is 195 g/mol. The summed E-state index contributed by atoms with van der Waals surface area (Å²) in [5, 5.41) is 8.87. The van der Waals surface area contributed by atoms with Crippen molar-refractivity contribution in [2.75, 3.05) is 6.54 Å². The molecule has 1 aliphatic rings. The number of nitrogens with zero attached hydrogens (tertiary/aromatic N) is 1. The predicted octanol–water partition coefficient (Wildman–Crippen LogP) is 0.804. The van der Waals surface area contributed by atoms with Crippen LogP contribution in [0.3, 0.4) is 0 Å². The molecule has 14 heavy (non-hydrogen) atoms. The third-order valence-electron chi connectivity index (χ3n) is 2.27. The molecule has 4 nitrogen and oxygen atoms in total. The van der Waals surface area contributed by atoms with E-state index in [0.717, 1.165) is 0 Å². The lowest BCUT2D eigenvalue weighted by molar-refractivity contribution is -0.145. The first-order valence-electron chi connectivity index (χ1n) is 4.47. The summed E-state index contributed by atoms with van der Waals surface area (Å²) in [5.41, 5.74) is 0.522. The molecule has 1 heterocycles. The number of likely N-dealkylation sites (N-methyl/N-ethyl adjacent to an activating group) is 1. The summed E-state index contributed by atoms with van der Waals surface area (Å²) >= 11 is 0. The van der Waals surface area contributed by atoms with Gasteiger partial charge in [-0.3, -0.25) is 4.79 Å². The Morgan fingerprint density at radius 1 is 1.79 bits per heavy atom. The van der Waals surface area contributed by atoms with Crippen LogP contribution in [0.2, 0.25) is 0 Å². The van der Waals surface area contributed by atoms with Crippen molar-refractivity contribution < 1.29 is 14.7 Å². The lowest BCUT2D eigenvalue weighted by Crippen LogP contribution is -2.38. The van der Waals surface area contributed by atoms with Gasteiger partial charge in [-0.05, 0) is 6.92 Å². The molecule has 0 saturated carbocycles. The van der Waals surface area contributed by atoms with E-state index in [1.807, 2.05) is 0 Å². The van der Waals surface area contributed by atoms with E-state index in [2.05, 4.69) is 6.58 Å². The number of carbonyl (C=O) groups excluding carboxylic acids is 1. The number of hydrogen-bond donors (Lipinski definition) is 1. The number of carboxylic acids is 1. The Kier molecular flexibility index (Phi) is 3.06. The second kappa shape index (κ2) is 4.09. The molecule has 0 aliphatic carbocycles. The van der Waals surface area contributed by atoms with Crippen molar-refractivity contribution in [2.24, 2.45) is 0 Å². The van der Waals surface area contributed by atoms with Crippen LogP contribution in [0.25, 0.3) is 0 Å². The maximum Gasteiger partial charge on any atom is 0.326 e. The summed E-state index contributed by atoms with van der Waals surface area (Å²) in [6.07, 6.45) is 3.35. The van der Waals surface area contributed by atoms with Crippen LogP contribution in [0.15, 0.2) is 24.3 Å². The Morgan fingerprint density at radius 2 is 2.43 bits per heavy atom. The van der Waals surface area contributed by atoms with E-state index in [1.165, 1.54) is 11.0 Å². The lowest BCUT2D eigenvalue weighted by Gasteiger charge is -2.18. The van der Waals surface area contributed by atoms with E-state index < -0.39 is 12.0 Å². The largest absolute Gasteiger partial charge is 0.480 e. The van der Waals surface area contributed by atoms with Gasteiger partial charge in [-0.15, -0.1) is 0 Å². The van der Waals surface area contributed by atoms with E-state index >= 15 is 0 Å². The number of carboxylic acid groups (broad SMARTS) is 1. The topological polar surface area (TPSA) is 57.6 Å². The van der Waals surface area contributed by atoms with Crippen molar-refractivity contribution in [1.29, 1.82) is 0 Å². The zero-order valence-electron chi connectivity index (χ0n) is 8.06. The molecule has 1 amide bonds. The molecule has 1 saturated heterocycles. The Hall–Kier alpha value is -1.58. The molecule has 0 spiro atoms. The molecule has 1 atom stereocenters. The van der Waals surface area contributed by atoms with E-state index in [9.17, 15) is 9.59 Å². The van der Waals surface area contributed by atoms with Crippen LogP contribution in [-0.2, 0) is 9.59 Å². The van der Waals surface area contributed by atoms with Crippen LogP contribution in [0, 0.1) is 0 Å². The summed E-state index contributed by atoms with van der Waals surface area (Å²) in [7, 11) is 0. The van der Waals surface area contributed by atoms with Gasteiger partial charge in [-0.1, -0.05) is 18.7 Å². The van der Waals surface area contributed by atoms with Gasteiger partial charge in [0.25, 0.3) is 5.91 Å². The fourth-order valence-corrected chi connectivity index (χ4v) is 1.60. The number of aliphatic carboxylic acids is 1. The first kappa shape index (κ1) is 10.5. The summed E-state index contributed by atoms with van der Waals surface area (Å²) in [6, 6.07) is -0.710. The number of carbonyl (C=O) groups is 2. The Labute approximate surface area is 82.5 Å². The van der Waals surface area contributed by atoms with Crippen molar-refractivity contribution >= 4 is 11.9 Å². The highest BCUT2D eigenvalue weighted by Crippen LogP contribution is 2.23. The minimum absolute atomic E-state index is 0.195. The monoisotopic (exact) mass is 195 g/mol. The molecular formula is C10H13NO3. The van der Waals surface area contributed by atoms with Crippen molar-refractivity contribution in [3.63, 3.8) is 0 Å². The van der Waals surface area contributed by atoms with Crippen LogP contribution in [0.4, 0.5) is 0 Å². The number of allylic oxidation sites excluding steroid dienone is 2. The van der Waals surface area contributed by atoms with Crippen LogP contribution in [-0.4, -0.2) is 34.5 Å². The molecule has 0 aromatic rings. The molecule has 0 bridgehead atoms. The molecule has 76 valence electrons. The summed E-state index contributed by atoms with van der Waals surface area (Å²) in [4.78, 5) is 23.8. The van der Waals surface area contributed by atoms with Gasteiger partial charge in [0.2, 0.25) is 0 Å². The van der Waals surface area contributed by atoms with E-state index in [-0.39, 0.29) is 12.3 Å². The number of rotatable bonds is 3. The Bertz CT molecular complexity index is 306. The molecule has 0 unspecified atom stereocenters. The van der Waals surface area contributed by atoms with Gasteiger partial charge in [0.15, 0.2) is 0 Å². The third-order valence-corrected chi connectivity index (χ3v) is 2.27. The van der Waals surface area contributed by atoms with Crippen LogP contribution >= 0.6 is 0 Å². The first-order chi connectivity index (χ1) is 6.61. The molecule has 1 N–H and O–H groups in total. The normalized spacial score (nSPS) is 24.4. The quantitative estimate of drug-likeness (QED) is 0.678. The van der Waals surface area contributed by atoms with Crippen molar-refractivity contribution in [3.05, 3.63) is 24.3 Å². The zero-order valence-corrected chi connectivity index (χ0v) is 8.06. The van der Waals surface area contributed by atoms with Crippen molar-refractivity contribution in [2.45, 2.75) is 19.4 Å². The molecule has 0 aromatic carbocycles. The molecule has 1 rings (SSSR count). The van der Waals surface area contributed by atoms with E-state index in [1.54, 1.807) is 13.0 Å². The van der Waals surface area contributed by atoms with Crippen molar-refractivity contribution in [3.8, 4) is 0 Å². The standard InChI is InChI=1S/C10H13NO3/c1-3-5-7-6-8(10(13)14)11(4-2)9(7)12/h3,5,8H,1,4,6H2,2H3,(H,13,14)/t8-/m0/s1. The summed E-state index contributed by atoms with van der Waals surface area (Å²) < 4.78 is 0. The molecular weight excluding hydrogens is 182 g/mol. The van der Waals surface area contributed by atoms with Crippen molar-refractivity contribution in [1.82, 2.24) is 4.90 Å². The zero-order chi connectivity index (χ0) is 10.7. The molecule has 4 heteroatoms. The van der Waals surface area contributed by atoms with Gasteiger partial charge >= 0.3 is 5.97 Å². The second-order valence-electron chi connectivity index (χ2n) is 3.08. The van der Waals surface area contributed by atoms with Gasteiger partial charge in [-0.2, -0.15) is 0 Å².